The lowest BCUT2D eigenvalue weighted by molar-refractivity contribution is 1.28. The summed E-state index contributed by atoms with van der Waals surface area (Å²) in [4.78, 5) is 2.37. The molecule has 0 N–H and O–H groups in total. The van der Waals surface area contributed by atoms with Crippen molar-refractivity contribution in [3.05, 3.63) is 237 Å². The summed E-state index contributed by atoms with van der Waals surface area (Å²) in [6.07, 6.45) is 0. The van der Waals surface area contributed by atoms with E-state index in [-0.39, 0.29) is 0 Å². The van der Waals surface area contributed by atoms with Crippen molar-refractivity contribution in [3.8, 4) is 44.5 Å². The number of benzene rings is 11. The Labute approximate surface area is 344 Å². The van der Waals surface area contributed by atoms with Crippen LogP contribution in [0, 0.1) is 0 Å². The molecular weight excluding hydrogens is 711 g/mol. The van der Waals surface area contributed by atoms with E-state index in [1.54, 1.807) is 0 Å². The number of rotatable bonds is 7. The summed E-state index contributed by atoms with van der Waals surface area (Å²) >= 11 is 0. The normalized spacial score (nSPS) is 11.4. The van der Waals surface area contributed by atoms with Crippen LogP contribution in [0.2, 0.25) is 0 Å². The highest BCUT2D eigenvalue weighted by Crippen LogP contribution is 2.41. The molecule has 0 aliphatic heterocycles. The van der Waals surface area contributed by atoms with E-state index in [9.17, 15) is 0 Å². The fourth-order valence-electron chi connectivity index (χ4n) is 8.92. The molecule has 59 heavy (non-hydrogen) atoms. The number of hydrogen-bond donors (Lipinski definition) is 0. The second-order valence-electron chi connectivity index (χ2n) is 15.3. The van der Waals surface area contributed by atoms with Gasteiger partial charge in [0, 0.05) is 17.1 Å². The SMILES string of the molecule is c1ccc(-c2cccc(N(c3ccc(-c4ccc(-c5cc6ccccc6c6ccccc56)cc4)cc3)c3ccc(-c4cc5ccccc5c5ccccc45)cc3)c2)cc1. The van der Waals surface area contributed by atoms with Gasteiger partial charge in [-0.2, -0.15) is 0 Å². The molecule has 0 spiro atoms. The minimum atomic E-state index is 1.10. The first-order valence-electron chi connectivity index (χ1n) is 20.3. The Morgan fingerprint density at radius 1 is 0.203 bits per heavy atom. The Morgan fingerprint density at radius 2 is 0.576 bits per heavy atom. The molecule has 0 heterocycles. The van der Waals surface area contributed by atoms with E-state index in [1.807, 2.05) is 0 Å². The van der Waals surface area contributed by atoms with Gasteiger partial charge in [0.2, 0.25) is 0 Å². The number of anilines is 3. The van der Waals surface area contributed by atoms with Gasteiger partial charge in [0.05, 0.1) is 0 Å². The van der Waals surface area contributed by atoms with E-state index in [0.717, 1.165) is 17.1 Å². The first-order valence-corrected chi connectivity index (χ1v) is 20.3. The van der Waals surface area contributed by atoms with E-state index < -0.39 is 0 Å². The average Bonchev–Trinajstić information content (AvgIpc) is 3.32. The molecule has 11 aromatic rings. The molecular formula is C58H39N. The molecule has 0 aromatic heterocycles. The van der Waals surface area contributed by atoms with Crippen LogP contribution < -0.4 is 4.90 Å². The van der Waals surface area contributed by atoms with Gasteiger partial charge in [0.15, 0.2) is 0 Å². The van der Waals surface area contributed by atoms with Crippen LogP contribution in [0.4, 0.5) is 17.1 Å². The van der Waals surface area contributed by atoms with Crippen LogP contribution in [0.25, 0.3) is 87.6 Å². The predicted octanol–water partition coefficient (Wildman–Crippen LogP) is 16.4. The molecule has 0 saturated carbocycles. The van der Waals surface area contributed by atoms with Crippen LogP contribution in [-0.4, -0.2) is 0 Å². The van der Waals surface area contributed by atoms with Crippen LogP contribution in [-0.2, 0) is 0 Å². The van der Waals surface area contributed by atoms with Gasteiger partial charge in [-0.25, -0.2) is 0 Å². The van der Waals surface area contributed by atoms with Crippen LogP contribution in [0.1, 0.15) is 0 Å². The molecule has 276 valence electrons. The third-order valence-corrected chi connectivity index (χ3v) is 11.8. The molecule has 0 atom stereocenters. The molecule has 0 bridgehead atoms. The Kier molecular flexibility index (Phi) is 8.56. The zero-order valence-corrected chi connectivity index (χ0v) is 32.5. The Morgan fingerprint density at radius 3 is 1.10 bits per heavy atom. The van der Waals surface area contributed by atoms with Gasteiger partial charge >= 0.3 is 0 Å². The number of hydrogen-bond acceptors (Lipinski definition) is 1. The quantitative estimate of drug-likeness (QED) is 0.147. The van der Waals surface area contributed by atoms with Crippen molar-refractivity contribution >= 4 is 60.2 Å². The third kappa shape index (κ3) is 6.30. The summed E-state index contributed by atoms with van der Waals surface area (Å²) in [6, 6.07) is 86.1. The van der Waals surface area contributed by atoms with Crippen molar-refractivity contribution < 1.29 is 0 Å². The summed E-state index contributed by atoms with van der Waals surface area (Å²) in [5.74, 6) is 0. The molecule has 0 aliphatic carbocycles. The highest BCUT2D eigenvalue weighted by molar-refractivity contribution is 6.15. The lowest BCUT2D eigenvalue weighted by atomic mass is 9.92. The number of nitrogens with zero attached hydrogens (tertiary/aromatic N) is 1. The molecule has 0 aliphatic rings. The van der Waals surface area contributed by atoms with E-state index >= 15 is 0 Å². The van der Waals surface area contributed by atoms with Gasteiger partial charge in [-0.3, -0.25) is 0 Å². The molecule has 0 amide bonds. The van der Waals surface area contributed by atoms with Crippen LogP contribution in [0.5, 0.6) is 0 Å². The van der Waals surface area contributed by atoms with E-state index in [1.165, 1.54) is 87.6 Å². The molecule has 0 fully saturated rings. The zero-order valence-electron chi connectivity index (χ0n) is 32.5. The maximum Gasteiger partial charge on any atom is 0.0467 e. The fraction of sp³-hybridized carbons (Fsp3) is 0. The molecule has 11 rings (SSSR count). The predicted molar refractivity (Wildman–Crippen MR) is 253 cm³/mol. The molecule has 0 unspecified atom stereocenters. The van der Waals surface area contributed by atoms with E-state index in [4.69, 9.17) is 0 Å². The highest BCUT2D eigenvalue weighted by atomic mass is 15.1. The molecule has 1 nitrogen and oxygen atoms in total. The first kappa shape index (κ1) is 34.5. The van der Waals surface area contributed by atoms with Gasteiger partial charge < -0.3 is 4.90 Å². The van der Waals surface area contributed by atoms with Crippen LogP contribution in [0.3, 0.4) is 0 Å². The minimum absolute atomic E-state index is 1.10. The highest BCUT2D eigenvalue weighted by Gasteiger charge is 2.16. The Balaban J connectivity index is 0.964. The van der Waals surface area contributed by atoms with Crippen molar-refractivity contribution in [2.24, 2.45) is 0 Å². The molecule has 0 radical (unpaired) electrons. The largest absolute Gasteiger partial charge is 0.310 e. The van der Waals surface area contributed by atoms with Crippen molar-refractivity contribution in [3.63, 3.8) is 0 Å². The monoisotopic (exact) mass is 749 g/mol. The second-order valence-corrected chi connectivity index (χ2v) is 15.3. The van der Waals surface area contributed by atoms with Gasteiger partial charge in [-0.1, -0.05) is 188 Å². The van der Waals surface area contributed by atoms with Gasteiger partial charge in [-0.05, 0) is 136 Å². The summed E-state index contributed by atoms with van der Waals surface area (Å²) < 4.78 is 0. The summed E-state index contributed by atoms with van der Waals surface area (Å²) in [5.41, 5.74) is 13.0. The van der Waals surface area contributed by atoms with Crippen molar-refractivity contribution in [1.82, 2.24) is 0 Å². The van der Waals surface area contributed by atoms with Crippen molar-refractivity contribution in [2.45, 2.75) is 0 Å². The van der Waals surface area contributed by atoms with Crippen LogP contribution >= 0.6 is 0 Å². The van der Waals surface area contributed by atoms with Gasteiger partial charge in [0.25, 0.3) is 0 Å². The summed E-state index contributed by atoms with van der Waals surface area (Å²) in [6.45, 7) is 0. The van der Waals surface area contributed by atoms with E-state index in [2.05, 4.69) is 241 Å². The minimum Gasteiger partial charge on any atom is -0.310 e. The van der Waals surface area contributed by atoms with E-state index in [0.29, 0.717) is 0 Å². The van der Waals surface area contributed by atoms with Crippen molar-refractivity contribution in [1.29, 1.82) is 0 Å². The van der Waals surface area contributed by atoms with Crippen LogP contribution in [0.15, 0.2) is 237 Å². The molecule has 1 heteroatoms. The lowest BCUT2D eigenvalue weighted by Gasteiger charge is -2.26. The zero-order chi connectivity index (χ0) is 39.1. The van der Waals surface area contributed by atoms with Gasteiger partial charge in [-0.15, -0.1) is 0 Å². The average molecular weight is 750 g/mol. The topological polar surface area (TPSA) is 3.24 Å². The Hall–Kier alpha value is -7.74. The first-order chi connectivity index (χ1) is 29.2. The Bertz CT molecular complexity index is 3290. The maximum absolute atomic E-state index is 2.37. The second kappa shape index (κ2) is 14.6. The number of fused-ring (bicyclic) bond motifs is 6. The maximum atomic E-state index is 2.37. The molecule has 11 aromatic carbocycles. The molecule has 0 saturated heterocycles. The standard InChI is InChI=1S/C58H39N/c1-2-13-40(14-3-1)45-17-12-18-50(37-45)59(49-35-31-44(32-36-49)58-39-47-16-5-7-20-52(47)54-22-9-11-24-56(54)58)48-33-29-42(30-34-48)41-25-27-43(28-26-41)57-38-46-15-4-6-19-51(46)53-21-8-10-23-55(53)57/h1-39H. The fourth-order valence-corrected chi connectivity index (χ4v) is 8.92. The third-order valence-electron chi connectivity index (χ3n) is 11.8. The van der Waals surface area contributed by atoms with Crippen molar-refractivity contribution in [2.75, 3.05) is 4.90 Å². The lowest BCUT2D eigenvalue weighted by Crippen LogP contribution is -2.10. The van der Waals surface area contributed by atoms with Gasteiger partial charge in [0.1, 0.15) is 0 Å². The summed E-state index contributed by atoms with van der Waals surface area (Å²) in [5, 5.41) is 10.2. The summed E-state index contributed by atoms with van der Waals surface area (Å²) in [7, 11) is 0. The smallest absolute Gasteiger partial charge is 0.0467 e.